The Kier molecular flexibility index (Phi) is 6.18. The highest BCUT2D eigenvalue weighted by Gasteiger charge is 2.28. The van der Waals surface area contributed by atoms with Crippen LogP contribution in [0.4, 0.5) is 5.00 Å². The van der Waals surface area contributed by atoms with E-state index in [1.807, 2.05) is 0 Å². The van der Waals surface area contributed by atoms with E-state index in [1.165, 1.54) is 23.1 Å². The van der Waals surface area contributed by atoms with Crippen LogP contribution in [0.25, 0.3) is 0 Å². The van der Waals surface area contributed by atoms with Crippen molar-refractivity contribution >= 4 is 39.6 Å². The van der Waals surface area contributed by atoms with Crippen LogP contribution >= 0.6 is 23.6 Å². The number of piperazine rings is 1. The molecule has 0 bridgehead atoms. The van der Waals surface area contributed by atoms with Gasteiger partial charge in [-0.1, -0.05) is 29.8 Å². The molecule has 2 aromatic rings. The van der Waals surface area contributed by atoms with Crippen molar-refractivity contribution < 1.29 is 9.53 Å². The van der Waals surface area contributed by atoms with Crippen molar-refractivity contribution in [1.29, 1.82) is 0 Å². The molecule has 0 unspecified atom stereocenters. The van der Waals surface area contributed by atoms with Crippen molar-refractivity contribution in [3.8, 4) is 0 Å². The Bertz CT molecular complexity index is 900. The van der Waals surface area contributed by atoms with Gasteiger partial charge in [-0.25, -0.2) is 4.79 Å². The first-order valence-electron chi connectivity index (χ1n) is 10.1. The van der Waals surface area contributed by atoms with Crippen molar-refractivity contribution in [2.24, 2.45) is 0 Å². The zero-order valence-corrected chi connectivity index (χ0v) is 18.6. The summed E-state index contributed by atoms with van der Waals surface area (Å²) in [4.78, 5) is 18.3. The number of nitrogens with zero attached hydrogens (tertiary/aromatic N) is 2. The number of carbonyl (C=O) groups excluding carboxylic acids is 1. The predicted octanol–water partition coefficient (Wildman–Crippen LogP) is 3.85. The van der Waals surface area contributed by atoms with E-state index >= 15 is 0 Å². The molecule has 0 atom stereocenters. The van der Waals surface area contributed by atoms with E-state index in [0.29, 0.717) is 10.7 Å². The number of anilines is 1. The number of aryl methyl sites for hydroxylation is 2. The number of nitrogens with one attached hydrogen (secondary N) is 1. The molecule has 1 fully saturated rings. The van der Waals surface area contributed by atoms with Gasteiger partial charge in [0.15, 0.2) is 5.11 Å². The van der Waals surface area contributed by atoms with E-state index in [9.17, 15) is 4.79 Å². The average Bonchev–Trinajstić information content (AvgIpc) is 3.30. The Balaban J connectivity index is 1.36. The molecule has 0 saturated carbocycles. The number of hydrogen-bond acceptors (Lipinski definition) is 5. The van der Waals surface area contributed by atoms with Gasteiger partial charge in [-0.15, -0.1) is 11.3 Å². The highest BCUT2D eigenvalue weighted by Crippen LogP contribution is 2.39. The van der Waals surface area contributed by atoms with Crippen molar-refractivity contribution in [3.05, 3.63) is 51.4 Å². The molecule has 1 aromatic carbocycles. The summed E-state index contributed by atoms with van der Waals surface area (Å²) in [6.45, 7) is 6.80. The van der Waals surface area contributed by atoms with Crippen molar-refractivity contribution in [2.75, 3.05) is 38.6 Å². The molecular weight excluding hydrogens is 402 g/mol. The topological polar surface area (TPSA) is 44.8 Å². The largest absolute Gasteiger partial charge is 0.465 e. The number of benzene rings is 1. The predicted molar refractivity (Wildman–Crippen MR) is 122 cm³/mol. The number of thiophene rings is 1. The first-order chi connectivity index (χ1) is 14.0. The molecule has 2 heterocycles. The van der Waals surface area contributed by atoms with Crippen LogP contribution in [0.1, 0.15) is 38.3 Å². The lowest BCUT2D eigenvalue weighted by atomic mass is 10.1. The first kappa shape index (κ1) is 20.3. The van der Waals surface area contributed by atoms with Crippen molar-refractivity contribution in [2.45, 2.75) is 32.7 Å². The van der Waals surface area contributed by atoms with Gasteiger partial charge in [-0.05, 0) is 49.5 Å². The minimum Gasteiger partial charge on any atom is -0.465 e. The fourth-order valence-corrected chi connectivity index (χ4v) is 5.67. The molecule has 4 rings (SSSR count). The van der Waals surface area contributed by atoms with Gasteiger partial charge in [0.25, 0.3) is 0 Å². The first-order valence-corrected chi connectivity index (χ1v) is 11.3. The lowest BCUT2D eigenvalue weighted by Crippen LogP contribution is -2.49. The van der Waals surface area contributed by atoms with Gasteiger partial charge in [0.05, 0.1) is 12.7 Å². The van der Waals surface area contributed by atoms with E-state index in [0.717, 1.165) is 62.6 Å². The SMILES string of the molecule is COC(=O)c1c(NC(=S)N2CCN(Cc3ccc(C)cc3)CC2)sc2c1CCC2. The van der Waals surface area contributed by atoms with E-state index < -0.39 is 0 Å². The van der Waals surface area contributed by atoms with Crippen LogP contribution in [0.5, 0.6) is 0 Å². The summed E-state index contributed by atoms with van der Waals surface area (Å²) in [7, 11) is 1.44. The fourth-order valence-electron chi connectivity index (χ4n) is 4.05. The maximum atomic E-state index is 12.3. The van der Waals surface area contributed by atoms with Gasteiger partial charge in [-0.3, -0.25) is 4.90 Å². The van der Waals surface area contributed by atoms with Crippen LogP contribution in [-0.4, -0.2) is 54.2 Å². The zero-order chi connectivity index (χ0) is 20.4. The average molecular weight is 430 g/mol. The molecule has 1 aliphatic heterocycles. The zero-order valence-electron chi connectivity index (χ0n) is 17.0. The van der Waals surface area contributed by atoms with Gasteiger partial charge in [-0.2, -0.15) is 0 Å². The van der Waals surface area contributed by atoms with Crippen LogP contribution in [-0.2, 0) is 24.1 Å². The van der Waals surface area contributed by atoms with Gasteiger partial charge >= 0.3 is 5.97 Å². The molecule has 0 radical (unpaired) electrons. The highest BCUT2D eigenvalue weighted by atomic mass is 32.1. The molecule has 154 valence electrons. The Morgan fingerprint density at radius 3 is 2.59 bits per heavy atom. The van der Waals surface area contributed by atoms with Crippen LogP contribution in [0, 0.1) is 6.92 Å². The molecule has 29 heavy (non-hydrogen) atoms. The lowest BCUT2D eigenvalue weighted by Gasteiger charge is -2.36. The number of hydrogen-bond donors (Lipinski definition) is 1. The lowest BCUT2D eigenvalue weighted by molar-refractivity contribution is 0.0601. The molecule has 1 N–H and O–H groups in total. The summed E-state index contributed by atoms with van der Waals surface area (Å²) in [5, 5.41) is 4.89. The number of methoxy groups -OCH3 is 1. The molecular formula is C22H27N3O2S2. The Labute approximate surface area is 181 Å². The Morgan fingerprint density at radius 1 is 1.17 bits per heavy atom. The monoisotopic (exact) mass is 429 g/mol. The second-order valence-electron chi connectivity index (χ2n) is 7.73. The maximum Gasteiger partial charge on any atom is 0.341 e. The van der Waals surface area contributed by atoms with E-state index in [2.05, 4.69) is 46.3 Å². The molecule has 0 spiro atoms. The molecule has 1 aromatic heterocycles. The summed E-state index contributed by atoms with van der Waals surface area (Å²) in [5.74, 6) is -0.266. The third kappa shape index (κ3) is 4.47. The molecule has 1 aliphatic carbocycles. The van der Waals surface area contributed by atoms with Crippen LogP contribution < -0.4 is 5.32 Å². The van der Waals surface area contributed by atoms with Gasteiger partial charge in [0.1, 0.15) is 5.00 Å². The molecule has 1 saturated heterocycles. The van der Waals surface area contributed by atoms with Gasteiger partial charge in [0, 0.05) is 37.6 Å². The van der Waals surface area contributed by atoms with Crippen molar-refractivity contribution in [1.82, 2.24) is 9.80 Å². The number of rotatable bonds is 4. The molecule has 0 amide bonds. The Morgan fingerprint density at radius 2 is 1.90 bits per heavy atom. The highest BCUT2D eigenvalue weighted by molar-refractivity contribution is 7.80. The standard InChI is InChI=1S/C22H27N3O2S2/c1-15-6-8-16(9-7-15)14-24-10-12-25(13-11-24)22(28)23-20-19(21(26)27-2)17-4-3-5-18(17)29-20/h6-9H,3-5,10-14H2,1-2H3,(H,23,28). The van der Waals surface area contributed by atoms with Crippen LogP contribution in [0.3, 0.4) is 0 Å². The number of thiocarbonyl (C=S) groups is 1. The smallest absolute Gasteiger partial charge is 0.341 e. The Hall–Kier alpha value is -1.96. The second-order valence-corrected chi connectivity index (χ2v) is 9.22. The normalized spacial score (nSPS) is 16.6. The van der Waals surface area contributed by atoms with Crippen LogP contribution in [0.15, 0.2) is 24.3 Å². The van der Waals surface area contributed by atoms with E-state index in [1.54, 1.807) is 11.3 Å². The van der Waals surface area contributed by atoms with Crippen molar-refractivity contribution in [3.63, 3.8) is 0 Å². The fraction of sp³-hybridized carbons (Fsp3) is 0.455. The summed E-state index contributed by atoms with van der Waals surface area (Å²) < 4.78 is 5.03. The van der Waals surface area contributed by atoms with Crippen LogP contribution in [0.2, 0.25) is 0 Å². The minimum atomic E-state index is -0.266. The summed E-state index contributed by atoms with van der Waals surface area (Å²) in [6.07, 6.45) is 3.09. The van der Waals surface area contributed by atoms with Gasteiger partial charge in [0.2, 0.25) is 0 Å². The number of ether oxygens (including phenoxy) is 1. The number of carbonyl (C=O) groups is 1. The number of fused-ring (bicyclic) bond motifs is 1. The third-order valence-corrected chi connectivity index (χ3v) is 7.29. The molecule has 2 aliphatic rings. The third-order valence-electron chi connectivity index (χ3n) is 5.72. The minimum absolute atomic E-state index is 0.266. The maximum absolute atomic E-state index is 12.3. The second kappa shape index (κ2) is 8.81. The van der Waals surface area contributed by atoms with E-state index in [4.69, 9.17) is 17.0 Å². The number of esters is 1. The van der Waals surface area contributed by atoms with E-state index in [-0.39, 0.29) is 5.97 Å². The quantitative estimate of drug-likeness (QED) is 0.588. The molecule has 7 heteroatoms. The molecule has 5 nitrogen and oxygen atoms in total. The van der Waals surface area contributed by atoms with Gasteiger partial charge < -0.3 is 15.0 Å². The summed E-state index contributed by atoms with van der Waals surface area (Å²) >= 11 is 7.33. The summed E-state index contributed by atoms with van der Waals surface area (Å²) in [6, 6.07) is 8.75. The summed E-state index contributed by atoms with van der Waals surface area (Å²) in [5.41, 5.74) is 4.47.